The quantitative estimate of drug-likeness (QED) is 0.0953. The summed E-state index contributed by atoms with van der Waals surface area (Å²) >= 11 is 0. The Morgan fingerprint density at radius 2 is 0.889 bits per heavy atom. The molecule has 0 aromatic heterocycles. The Morgan fingerprint density at radius 3 is 1.28 bits per heavy atom. The fourth-order valence-electron chi connectivity index (χ4n) is 4.23. The molecule has 0 amide bonds. The van der Waals surface area contributed by atoms with Gasteiger partial charge in [-0.15, -0.1) is 0 Å². The highest BCUT2D eigenvalue weighted by Gasteiger charge is 2.37. The SMILES string of the molecule is CCCCCCCCCCCCCCCCC(OC(C)=O)C(OC(C)=O)C(COC(C)=O)OC(C)=O. The Kier molecular flexibility index (Phi) is 20.8. The molecule has 0 aliphatic rings. The largest absolute Gasteiger partial charge is 0.462 e. The molecule has 0 aromatic rings. The highest BCUT2D eigenvalue weighted by atomic mass is 16.6. The predicted molar refractivity (Wildman–Crippen MR) is 138 cm³/mol. The lowest BCUT2D eigenvalue weighted by Gasteiger charge is -2.31. The van der Waals surface area contributed by atoms with E-state index in [1.807, 2.05) is 0 Å². The molecule has 0 saturated carbocycles. The van der Waals surface area contributed by atoms with Gasteiger partial charge in [0, 0.05) is 27.7 Å². The molecule has 0 heterocycles. The molecular weight excluding hydrogens is 464 g/mol. The third kappa shape index (κ3) is 20.1. The summed E-state index contributed by atoms with van der Waals surface area (Å²) in [5.74, 6) is -2.33. The van der Waals surface area contributed by atoms with Gasteiger partial charge in [0.05, 0.1) is 0 Å². The first-order valence-electron chi connectivity index (χ1n) is 13.8. The van der Waals surface area contributed by atoms with Crippen molar-refractivity contribution >= 4 is 23.9 Å². The van der Waals surface area contributed by atoms with E-state index in [4.69, 9.17) is 18.9 Å². The van der Waals surface area contributed by atoms with Crippen LogP contribution in [0.5, 0.6) is 0 Å². The molecule has 8 nitrogen and oxygen atoms in total. The lowest BCUT2D eigenvalue weighted by molar-refractivity contribution is -0.189. The predicted octanol–water partition coefficient (Wildman–Crippen LogP) is 6.22. The van der Waals surface area contributed by atoms with Crippen molar-refractivity contribution in [3.63, 3.8) is 0 Å². The molecule has 0 bridgehead atoms. The Balaban J connectivity index is 4.56. The minimum Gasteiger partial charge on any atom is -0.462 e. The minimum absolute atomic E-state index is 0.302. The second-order valence-electron chi connectivity index (χ2n) is 9.56. The highest BCUT2D eigenvalue weighted by molar-refractivity contribution is 5.68. The maximum Gasteiger partial charge on any atom is 0.303 e. The molecule has 0 fully saturated rings. The molecule has 3 atom stereocenters. The number of ether oxygens (including phenoxy) is 4. The Morgan fingerprint density at radius 1 is 0.500 bits per heavy atom. The lowest BCUT2D eigenvalue weighted by atomic mass is 10.00. The van der Waals surface area contributed by atoms with Crippen LogP contribution in [0.15, 0.2) is 0 Å². The summed E-state index contributed by atoms with van der Waals surface area (Å²) in [7, 11) is 0. The molecule has 0 aromatic carbocycles. The summed E-state index contributed by atoms with van der Waals surface area (Å²) in [6.45, 7) is 6.87. The van der Waals surface area contributed by atoms with Gasteiger partial charge in [-0.25, -0.2) is 0 Å². The summed E-state index contributed by atoms with van der Waals surface area (Å²) < 4.78 is 21.1. The molecule has 8 heteroatoms. The molecule has 0 aliphatic carbocycles. The molecule has 0 spiro atoms. The van der Waals surface area contributed by atoms with Gasteiger partial charge in [0.25, 0.3) is 0 Å². The molecule has 0 saturated heterocycles. The Hall–Kier alpha value is -2.12. The number of esters is 4. The number of unbranched alkanes of at least 4 members (excludes halogenated alkanes) is 13. The van der Waals surface area contributed by atoms with Gasteiger partial charge in [-0.2, -0.15) is 0 Å². The van der Waals surface area contributed by atoms with Crippen molar-refractivity contribution in [3.05, 3.63) is 0 Å². The van der Waals surface area contributed by atoms with Crippen molar-refractivity contribution in [2.75, 3.05) is 6.61 Å². The Bertz CT molecular complexity index is 619. The van der Waals surface area contributed by atoms with E-state index in [0.29, 0.717) is 6.42 Å². The average molecular weight is 515 g/mol. The van der Waals surface area contributed by atoms with Gasteiger partial charge in [0.2, 0.25) is 0 Å². The van der Waals surface area contributed by atoms with Crippen molar-refractivity contribution in [1.29, 1.82) is 0 Å². The zero-order chi connectivity index (χ0) is 27.2. The summed E-state index contributed by atoms with van der Waals surface area (Å²) in [4.78, 5) is 46.4. The van der Waals surface area contributed by atoms with Crippen LogP contribution in [0.2, 0.25) is 0 Å². The van der Waals surface area contributed by atoms with Crippen LogP contribution in [-0.2, 0) is 38.1 Å². The summed E-state index contributed by atoms with van der Waals surface area (Å²) in [6.07, 6.45) is 14.6. The highest BCUT2D eigenvalue weighted by Crippen LogP contribution is 2.21. The molecule has 210 valence electrons. The third-order valence-corrected chi connectivity index (χ3v) is 5.96. The molecule has 0 N–H and O–H groups in total. The molecule has 3 unspecified atom stereocenters. The van der Waals surface area contributed by atoms with E-state index in [9.17, 15) is 19.2 Å². The van der Waals surface area contributed by atoms with E-state index in [2.05, 4.69) is 6.92 Å². The first-order chi connectivity index (χ1) is 17.2. The molecule has 0 rings (SSSR count). The number of carbonyl (C=O) groups is 4. The van der Waals surface area contributed by atoms with Crippen molar-refractivity contribution in [1.82, 2.24) is 0 Å². The fraction of sp³-hybridized carbons (Fsp3) is 0.857. The first-order valence-corrected chi connectivity index (χ1v) is 13.8. The monoisotopic (exact) mass is 514 g/mol. The van der Waals surface area contributed by atoms with Crippen LogP contribution >= 0.6 is 0 Å². The smallest absolute Gasteiger partial charge is 0.303 e. The van der Waals surface area contributed by atoms with Crippen molar-refractivity contribution in [2.45, 2.75) is 149 Å². The van der Waals surface area contributed by atoms with E-state index in [0.717, 1.165) is 25.7 Å². The average Bonchev–Trinajstić information content (AvgIpc) is 2.79. The summed E-state index contributed by atoms with van der Waals surface area (Å²) in [5.41, 5.74) is 0. The van der Waals surface area contributed by atoms with Gasteiger partial charge in [0.1, 0.15) is 12.7 Å². The standard InChI is InChI=1S/C28H50O8/c1-6-7-8-9-10-11-12-13-14-15-16-17-18-19-20-26(34-23(3)30)28(36-25(5)32)27(35-24(4)31)21-33-22(2)29/h26-28H,6-21H2,1-5H3. The first kappa shape index (κ1) is 33.9. The van der Waals surface area contributed by atoms with Crippen LogP contribution in [0.4, 0.5) is 0 Å². The van der Waals surface area contributed by atoms with Crippen LogP contribution < -0.4 is 0 Å². The maximum absolute atomic E-state index is 11.8. The van der Waals surface area contributed by atoms with Gasteiger partial charge < -0.3 is 18.9 Å². The van der Waals surface area contributed by atoms with Gasteiger partial charge in [0.15, 0.2) is 12.2 Å². The van der Waals surface area contributed by atoms with E-state index in [1.54, 1.807) is 0 Å². The van der Waals surface area contributed by atoms with Crippen molar-refractivity contribution < 1.29 is 38.1 Å². The van der Waals surface area contributed by atoms with E-state index >= 15 is 0 Å². The Labute approximate surface area is 218 Å². The molecule has 0 aliphatic heterocycles. The van der Waals surface area contributed by atoms with Gasteiger partial charge >= 0.3 is 23.9 Å². The van der Waals surface area contributed by atoms with Gasteiger partial charge in [-0.3, -0.25) is 19.2 Å². The number of rotatable bonds is 22. The topological polar surface area (TPSA) is 105 Å². The zero-order valence-corrected chi connectivity index (χ0v) is 23.3. The van der Waals surface area contributed by atoms with Crippen LogP contribution in [0.1, 0.15) is 131 Å². The number of hydrogen-bond acceptors (Lipinski definition) is 8. The number of carbonyl (C=O) groups excluding carboxylic acids is 4. The van der Waals surface area contributed by atoms with Crippen LogP contribution in [0, 0.1) is 0 Å². The maximum atomic E-state index is 11.8. The fourth-order valence-corrected chi connectivity index (χ4v) is 4.23. The van der Waals surface area contributed by atoms with E-state index in [-0.39, 0.29) is 6.61 Å². The van der Waals surface area contributed by atoms with Crippen LogP contribution in [0.3, 0.4) is 0 Å². The van der Waals surface area contributed by atoms with E-state index < -0.39 is 42.2 Å². The molecule has 0 radical (unpaired) electrons. The minimum atomic E-state index is -1.08. The summed E-state index contributed by atoms with van der Waals surface area (Å²) in [5, 5.41) is 0. The van der Waals surface area contributed by atoms with Crippen molar-refractivity contribution in [3.8, 4) is 0 Å². The molecular formula is C28H50O8. The normalized spacial score (nSPS) is 13.4. The van der Waals surface area contributed by atoms with Crippen molar-refractivity contribution in [2.24, 2.45) is 0 Å². The van der Waals surface area contributed by atoms with Crippen LogP contribution in [-0.4, -0.2) is 48.8 Å². The zero-order valence-electron chi connectivity index (χ0n) is 23.3. The number of hydrogen-bond donors (Lipinski definition) is 0. The van der Waals surface area contributed by atoms with Gasteiger partial charge in [-0.1, -0.05) is 90.4 Å². The van der Waals surface area contributed by atoms with Gasteiger partial charge in [-0.05, 0) is 12.8 Å². The van der Waals surface area contributed by atoms with E-state index in [1.165, 1.54) is 91.9 Å². The molecule has 36 heavy (non-hydrogen) atoms. The third-order valence-electron chi connectivity index (χ3n) is 5.96. The second kappa shape index (κ2) is 22.1. The summed E-state index contributed by atoms with van der Waals surface area (Å²) in [6, 6.07) is 0. The lowest BCUT2D eigenvalue weighted by Crippen LogP contribution is -2.47. The second-order valence-corrected chi connectivity index (χ2v) is 9.56. The van der Waals surface area contributed by atoms with Crippen LogP contribution in [0.25, 0.3) is 0 Å².